The molecule has 0 spiro atoms. The minimum absolute atomic E-state index is 0.152. The van der Waals surface area contributed by atoms with Gasteiger partial charge in [-0.1, -0.05) is 6.07 Å². The van der Waals surface area contributed by atoms with Crippen LogP contribution in [0.5, 0.6) is 11.5 Å². The van der Waals surface area contributed by atoms with Crippen LogP contribution < -0.4 is 15.4 Å². The van der Waals surface area contributed by atoms with Crippen molar-refractivity contribution in [3.63, 3.8) is 0 Å². The van der Waals surface area contributed by atoms with E-state index < -0.39 is 0 Å². The van der Waals surface area contributed by atoms with E-state index in [-0.39, 0.29) is 11.8 Å². The molecule has 0 heterocycles. The maximum atomic E-state index is 11.7. The molecule has 5 heteroatoms. The summed E-state index contributed by atoms with van der Waals surface area (Å²) in [6.07, 6.45) is 0. The van der Waals surface area contributed by atoms with E-state index in [0.29, 0.717) is 17.1 Å². The highest BCUT2D eigenvalue weighted by molar-refractivity contribution is 5.99. The number of rotatable bonds is 3. The maximum Gasteiger partial charge on any atom is 0.323 e. The molecule has 0 radical (unpaired) electrons. The van der Waals surface area contributed by atoms with Gasteiger partial charge in [0.15, 0.2) is 0 Å². The van der Waals surface area contributed by atoms with Gasteiger partial charge >= 0.3 is 6.03 Å². The number of aromatic hydroxyl groups is 1. The molecular weight excluding hydrogens is 244 g/mol. The molecule has 0 saturated heterocycles. The molecule has 0 aliphatic heterocycles. The lowest BCUT2D eigenvalue weighted by molar-refractivity contribution is 0.262. The van der Waals surface area contributed by atoms with Crippen LogP contribution in [-0.2, 0) is 0 Å². The fourth-order valence-electron chi connectivity index (χ4n) is 1.54. The molecule has 2 aromatic carbocycles. The second-order valence-corrected chi connectivity index (χ2v) is 3.86. The predicted octanol–water partition coefficient (Wildman–Crippen LogP) is 3.04. The second-order valence-electron chi connectivity index (χ2n) is 3.86. The number of phenols is 1. The van der Waals surface area contributed by atoms with Gasteiger partial charge in [-0.2, -0.15) is 0 Å². The lowest BCUT2D eigenvalue weighted by atomic mass is 10.3. The van der Waals surface area contributed by atoms with Gasteiger partial charge in [-0.25, -0.2) is 4.79 Å². The zero-order valence-electron chi connectivity index (χ0n) is 10.4. The minimum atomic E-state index is -0.362. The molecule has 0 bridgehead atoms. The van der Waals surface area contributed by atoms with E-state index in [1.54, 1.807) is 43.5 Å². The van der Waals surface area contributed by atoms with E-state index in [0.717, 1.165) is 0 Å². The normalized spacial score (nSPS) is 9.74. The number of amides is 2. The highest BCUT2D eigenvalue weighted by atomic mass is 16.5. The summed E-state index contributed by atoms with van der Waals surface area (Å²) in [5.74, 6) is 0.821. The largest absolute Gasteiger partial charge is 0.508 e. The molecule has 3 N–H and O–H groups in total. The van der Waals surface area contributed by atoms with Gasteiger partial charge in [0.05, 0.1) is 7.11 Å². The van der Waals surface area contributed by atoms with Crippen LogP contribution in [0.2, 0.25) is 0 Å². The fraction of sp³-hybridized carbons (Fsp3) is 0.0714. The highest BCUT2D eigenvalue weighted by Gasteiger charge is 2.03. The number of carbonyl (C=O) groups is 1. The molecule has 0 fully saturated rings. The molecule has 0 aromatic heterocycles. The van der Waals surface area contributed by atoms with Crippen LogP contribution >= 0.6 is 0 Å². The number of benzene rings is 2. The zero-order chi connectivity index (χ0) is 13.7. The Morgan fingerprint density at radius 2 is 1.74 bits per heavy atom. The SMILES string of the molecule is COc1cccc(NC(=O)Nc2ccc(O)cc2)c1. The van der Waals surface area contributed by atoms with Crippen molar-refractivity contribution in [1.82, 2.24) is 0 Å². The van der Waals surface area contributed by atoms with Crippen molar-refractivity contribution in [3.8, 4) is 11.5 Å². The maximum absolute atomic E-state index is 11.7. The van der Waals surface area contributed by atoms with Crippen molar-refractivity contribution >= 4 is 17.4 Å². The molecule has 0 unspecified atom stereocenters. The first-order chi connectivity index (χ1) is 9.17. The van der Waals surface area contributed by atoms with Crippen LogP contribution in [0, 0.1) is 0 Å². The van der Waals surface area contributed by atoms with Gasteiger partial charge in [-0.05, 0) is 36.4 Å². The van der Waals surface area contributed by atoms with Gasteiger partial charge in [-0.3, -0.25) is 0 Å². The molecule has 2 aromatic rings. The van der Waals surface area contributed by atoms with Gasteiger partial charge in [0, 0.05) is 17.4 Å². The van der Waals surface area contributed by atoms with Crippen LogP contribution in [0.3, 0.4) is 0 Å². The number of methoxy groups -OCH3 is 1. The molecule has 2 amide bonds. The molecule has 0 atom stereocenters. The number of urea groups is 1. The van der Waals surface area contributed by atoms with Crippen LogP contribution in [0.25, 0.3) is 0 Å². The van der Waals surface area contributed by atoms with E-state index in [1.807, 2.05) is 0 Å². The monoisotopic (exact) mass is 258 g/mol. The van der Waals surface area contributed by atoms with Gasteiger partial charge in [0.1, 0.15) is 11.5 Å². The Labute approximate surface area is 110 Å². The topological polar surface area (TPSA) is 70.6 Å². The van der Waals surface area contributed by atoms with Crippen molar-refractivity contribution in [3.05, 3.63) is 48.5 Å². The Bertz CT molecular complexity index is 567. The van der Waals surface area contributed by atoms with E-state index >= 15 is 0 Å². The first-order valence-electron chi connectivity index (χ1n) is 5.68. The number of hydrogen-bond acceptors (Lipinski definition) is 3. The highest BCUT2D eigenvalue weighted by Crippen LogP contribution is 2.17. The standard InChI is InChI=1S/C14H14N2O3/c1-19-13-4-2-3-11(9-13)16-14(18)15-10-5-7-12(17)8-6-10/h2-9,17H,1H3,(H2,15,16,18). The Hall–Kier alpha value is -2.69. The third-order valence-electron chi connectivity index (χ3n) is 2.45. The number of ether oxygens (including phenoxy) is 1. The molecule has 19 heavy (non-hydrogen) atoms. The number of carbonyl (C=O) groups excluding carboxylic acids is 1. The first kappa shape index (κ1) is 12.8. The average molecular weight is 258 g/mol. The number of hydrogen-bond donors (Lipinski definition) is 3. The molecule has 2 rings (SSSR count). The van der Waals surface area contributed by atoms with E-state index in [4.69, 9.17) is 9.84 Å². The summed E-state index contributed by atoms with van der Waals surface area (Å²) >= 11 is 0. The lowest BCUT2D eigenvalue weighted by Gasteiger charge is -2.08. The molecular formula is C14H14N2O3. The van der Waals surface area contributed by atoms with Gasteiger partial charge in [-0.15, -0.1) is 0 Å². The summed E-state index contributed by atoms with van der Waals surface area (Å²) < 4.78 is 5.07. The van der Waals surface area contributed by atoms with Crippen LogP contribution in [0.15, 0.2) is 48.5 Å². The quantitative estimate of drug-likeness (QED) is 0.741. The smallest absolute Gasteiger partial charge is 0.323 e. The van der Waals surface area contributed by atoms with Crippen molar-refractivity contribution in [1.29, 1.82) is 0 Å². The summed E-state index contributed by atoms with van der Waals surface area (Å²) in [6, 6.07) is 12.9. The van der Waals surface area contributed by atoms with Crippen LogP contribution in [-0.4, -0.2) is 18.2 Å². The van der Waals surface area contributed by atoms with Crippen LogP contribution in [0.4, 0.5) is 16.2 Å². The summed E-state index contributed by atoms with van der Waals surface area (Å²) in [6.45, 7) is 0. The van der Waals surface area contributed by atoms with Gasteiger partial charge in [0.25, 0.3) is 0 Å². The predicted molar refractivity (Wildman–Crippen MR) is 73.7 cm³/mol. The third-order valence-corrected chi connectivity index (χ3v) is 2.45. The molecule has 0 aliphatic rings. The second kappa shape index (κ2) is 5.77. The fourth-order valence-corrected chi connectivity index (χ4v) is 1.54. The van der Waals surface area contributed by atoms with Crippen molar-refractivity contribution in [2.24, 2.45) is 0 Å². The van der Waals surface area contributed by atoms with Crippen molar-refractivity contribution in [2.75, 3.05) is 17.7 Å². The average Bonchev–Trinajstić information content (AvgIpc) is 2.41. The Morgan fingerprint density at radius 1 is 1.05 bits per heavy atom. The number of anilines is 2. The van der Waals surface area contributed by atoms with Gasteiger partial charge in [0.2, 0.25) is 0 Å². The Kier molecular flexibility index (Phi) is 3.87. The van der Waals surface area contributed by atoms with Crippen LogP contribution in [0.1, 0.15) is 0 Å². The van der Waals surface area contributed by atoms with Gasteiger partial charge < -0.3 is 20.5 Å². The number of nitrogens with one attached hydrogen (secondary N) is 2. The third kappa shape index (κ3) is 3.64. The Morgan fingerprint density at radius 3 is 2.42 bits per heavy atom. The number of phenolic OH excluding ortho intramolecular Hbond substituents is 1. The Balaban J connectivity index is 1.99. The molecule has 0 saturated carbocycles. The van der Waals surface area contributed by atoms with Crippen molar-refractivity contribution < 1.29 is 14.6 Å². The van der Waals surface area contributed by atoms with E-state index in [1.165, 1.54) is 12.1 Å². The summed E-state index contributed by atoms with van der Waals surface area (Å²) in [7, 11) is 1.57. The summed E-state index contributed by atoms with van der Waals surface area (Å²) in [5, 5.41) is 14.5. The van der Waals surface area contributed by atoms with E-state index in [2.05, 4.69) is 10.6 Å². The zero-order valence-corrected chi connectivity index (χ0v) is 10.4. The lowest BCUT2D eigenvalue weighted by Crippen LogP contribution is -2.19. The minimum Gasteiger partial charge on any atom is -0.508 e. The van der Waals surface area contributed by atoms with E-state index in [9.17, 15) is 4.79 Å². The molecule has 98 valence electrons. The molecule has 0 aliphatic carbocycles. The molecule has 5 nitrogen and oxygen atoms in total. The first-order valence-corrected chi connectivity index (χ1v) is 5.68. The summed E-state index contributed by atoms with van der Waals surface area (Å²) in [5.41, 5.74) is 1.23. The van der Waals surface area contributed by atoms with Crippen molar-refractivity contribution in [2.45, 2.75) is 0 Å². The summed E-state index contributed by atoms with van der Waals surface area (Å²) in [4.78, 5) is 11.7.